The molecule has 1 saturated heterocycles. The van der Waals surface area contributed by atoms with Crippen molar-refractivity contribution in [2.45, 2.75) is 25.6 Å². The smallest absolute Gasteiger partial charge is 0.371 e. The van der Waals surface area contributed by atoms with E-state index in [1.807, 2.05) is 12.1 Å². The van der Waals surface area contributed by atoms with Crippen molar-refractivity contribution in [3.63, 3.8) is 0 Å². The van der Waals surface area contributed by atoms with Gasteiger partial charge in [-0.25, -0.2) is 0 Å². The number of carbonyl (C=O) groups excluding carboxylic acids is 2. The molecule has 2 N–H and O–H groups in total. The highest BCUT2D eigenvalue weighted by molar-refractivity contribution is 5.94. The molecule has 5 nitrogen and oxygen atoms in total. The molecular weight excluding hydrogens is 395 g/mol. The number of nitrogens with two attached hydrogens (primary N) is 1. The molecule has 0 saturated carbocycles. The number of carbonyl (C=O) groups is 2. The van der Waals surface area contributed by atoms with E-state index in [0.29, 0.717) is 17.7 Å². The molecule has 8 heteroatoms. The number of hydrogen-bond acceptors (Lipinski definition) is 3. The lowest BCUT2D eigenvalue weighted by Crippen LogP contribution is -2.41. The highest BCUT2D eigenvalue weighted by atomic mass is 19.4. The summed E-state index contributed by atoms with van der Waals surface area (Å²) < 4.78 is 38.0. The van der Waals surface area contributed by atoms with Gasteiger partial charge in [0.15, 0.2) is 0 Å². The fraction of sp³-hybridized carbons (Fsp3) is 0.364. The molecule has 2 aromatic rings. The van der Waals surface area contributed by atoms with Crippen LogP contribution in [0.5, 0.6) is 0 Å². The van der Waals surface area contributed by atoms with Crippen molar-refractivity contribution >= 4 is 17.5 Å². The lowest BCUT2D eigenvalue weighted by Gasteiger charge is -2.33. The number of amides is 2. The maximum atomic E-state index is 12.7. The minimum atomic E-state index is -4.38. The highest BCUT2D eigenvalue weighted by Crippen LogP contribution is 2.29. The van der Waals surface area contributed by atoms with E-state index in [0.717, 1.165) is 37.2 Å². The van der Waals surface area contributed by atoms with Crippen molar-refractivity contribution in [3.8, 4) is 0 Å². The molecule has 30 heavy (non-hydrogen) atoms. The van der Waals surface area contributed by atoms with Crippen LogP contribution in [-0.2, 0) is 17.5 Å². The molecule has 1 aliphatic heterocycles. The third kappa shape index (κ3) is 5.11. The van der Waals surface area contributed by atoms with Gasteiger partial charge < -0.3 is 15.5 Å². The van der Waals surface area contributed by atoms with Gasteiger partial charge in [-0.1, -0.05) is 12.1 Å². The Morgan fingerprint density at radius 2 is 1.73 bits per heavy atom. The van der Waals surface area contributed by atoms with Gasteiger partial charge in [-0.2, -0.15) is 13.2 Å². The minimum Gasteiger partial charge on any atom is -0.371 e. The summed E-state index contributed by atoms with van der Waals surface area (Å²) in [7, 11) is 1.61. The Hall–Kier alpha value is -3.03. The van der Waals surface area contributed by atoms with E-state index < -0.39 is 11.7 Å². The highest BCUT2D eigenvalue weighted by Gasteiger charge is 2.30. The van der Waals surface area contributed by atoms with Crippen molar-refractivity contribution < 1.29 is 22.8 Å². The number of anilines is 1. The van der Waals surface area contributed by atoms with Gasteiger partial charge in [-0.3, -0.25) is 9.59 Å². The average molecular weight is 419 g/mol. The second kappa shape index (κ2) is 8.77. The molecule has 0 bridgehead atoms. The Morgan fingerprint density at radius 3 is 2.30 bits per heavy atom. The summed E-state index contributed by atoms with van der Waals surface area (Å²) in [5, 5.41) is 0. The summed E-state index contributed by atoms with van der Waals surface area (Å²) in [6.07, 6.45) is -2.71. The predicted molar refractivity (Wildman–Crippen MR) is 108 cm³/mol. The first-order valence-corrected chi connectivity index (χ1v) is 9.71. The van der Waals surface area contributed by atoms with Gasteiger partial charge in [-0.05, 0) is 54.8 Å². The molecular formula is C22H24F3N3O2. The molecule has 1 heterocycles. The molecule has 0 spiro atoms. The summed E-state index contributed by atoms with van der Waals surface area (Å²) in [4.78, 5) is 27.7. The maximum absolute atomic E-state index is 12.7. The normalized spacial score (nSPS) is 16.9. The zero-order valence-corrected chi connectivity index (χ0v) is 16.7. The third-order valence-electron chi connectivity index (χ3n) is 5.35. The van der Waals surface area contributed by atoms with Crippen LogP contribution in [0.25, 0.3) is 0 Å². The number of piperidine rings is 1. The summed E-state index contributed by atoms with van der Waals surface area (Å²) in [5.41, 5.74) is 6.72. The van der Waals surface area contributed by atoms with Crippen molar-refractivity contribution in [3.05, 3.63) is 65.2 Å². The van der Waals surface area contributed by atoms with Crippen LogP contribution in [0.4, 0.5) is 18.9 Å². The number of alkyl halides is 3. The molecule has 3 rings (SSSR count). The standard InChI is InChI=1S/C22H24F3N3O2/c1-27(13-15-4-8-18(9-5-15)22(23,24)25)21(30)16-6-10-19(11-7-16)28-12-2-3-17(14-28)20(26)29/h4-11,17H,2-3,12-14H2,1H3,(H2,26,29). The Balaban J connectivity index is 1.63. The fourth-order valence-corrected chi connectivity index (χ4v) is 3.62. The van der Waals surface area contributed by atoms with Gasteiger partial charge in [0.2, 0.25) is 5.91 Å². The van der Waals surface area contributed by atoms with Crippen molar-refractivity contribution in [1.29, 1.82) is 0 Å². The first kappa shape index (κ1) is 21.7. The number of nitrogens with zero attached hydrogens (tertiary/aromatic N) is 2. The first-order chi connectivity index (χ1) is 14.1. The summed E-state index contributed by atoms with van der Waals surface area (Å²) in [6.45, 7) is 1.59. The molecule has 160 valence electrons. The van der Waals surface area contributed by atoms with Crippen LogP contribution in [0.3, 0.4) is 0 Å². The van der Waals surface area contributed by atoms with E-state index >= 15 is 0 Å². The van der Waals surface area contributed by atoms with Crippen LogP contribution in [0.15, 0.2) is 48.5 Å². The molecule has 2 amide bonds. The van der Waals surface area contributed by atoms with E-state index in [1.165, 1.54) is 17.0 Å². The molecule has 0 radical (unpaired) electrons. The lowest BCUT2D eigenvalue weighted by atomic mass is 9.97. The molecule has 1 fully saturated rings. The van der Waals surface area contributed by atoms with Crippen LogP contribution in [0.2, 0.25) is 0 Å². The second-order valence-electron chi connectivity index (χ2n) is 7.59. The summed E-state index contributed by atoms with van der Waals surface area (Å²) in [5.74, 6) is -0.693. The zero-order valence-electron chi connectivity index (χ0n) is 16.7. The number of primary amides is 1. The molecule has 0 aromatic heterocycles. The average Bonchev–Trinajstić information content (AvgIpc) is 2.73. The molecule has 1 aliphatic rings. The third-order valence-corrected chi connectivity index (χ3v) is 5.35. The summed E-state index contributed by atoms with van der Waals surface area (Å²) >= 11 is 0. The van der Waals surface area contributed by atoms with Gasteiger partial charge in [0.1, 0.15) is 0 Å². The predicted octanol–water partition coefficient (Wildman–Crippen LogP) is 3.68. The van der Waals surface area contributed by atoms with Gasteiger partial charge in [-0.15, -0.1) is 0 Å². The Labute approximate surface area is 173 Å². The van der Waals surface area contributed by atoms with Gasteiger partial charge in [0.25, 0.3) is 5.91 Å². The van der Waals surface area contributed by atoms with Crippen LogP contribution in [-0.4, -0.2) is 36.9 Å². The monoisotopic (exact) mass is 419 g/mol. The quantitative estimate of drug-likeness (QED) is 0.804. The van der Waals surface area contributed by atoms with E-state index in [4.69, 9.17) is 5.73 Å². The van der Waals surface area contributed by atoms with Gasteiger partial charge in [0.05, 0.1) is 11.5 Å². The van der Waals surface area contributed by atoms with E-state index in [9.17, 15) is 22.8 Å². The number of benzene rings is 2. The van der Waals surface area contributed by atoms with Gasteiger partial charge in [0, 0.05) is 37.9 Å². The van der Waals surface area contributed by atoms with Crippen LogP contribution in [0, 0.1) is 5.92 Å². The fourth-order valence-electron chi connectivity index (χ4n) is 3.62. The van der Waals surface area contributed by atoms with Crippen molar-refractivity contribution in [2.75, 3.05) is 25.0 Å². The number of rotatable bonds is 5. The Morgan fingerprint density at radius 1 is 1.10 bits per heavy atom. The molecule has 1 atom stereocenters. The molecule has 1 unspecified atom stereocenters. The Kier molecular flexibility index (Phi) is 6.34. The SMILES string of the molecule is CN(Cc1ccc(C(F)(F)F)cc1)C(=O)c1ccc(N2CCCC(C(N)=O)C2)cc1. The van der Waals surface area contributed by atoms with Crippen molar-refractivity contribution in [1.82, 2.24) is 4.90 Å². The molecule has 2 aromatic carbocycles. The van der Waals surface area contributed by atoms with Crippen LogP contribution < -0.4 is 10.6 Å². The van der Waals surface area contributed by atoms with E-state index in [1.54, 1.807) is 19.2 Å². The molecule has 0 aliphatic carbocycles. The second-order valence-corrected chi connectivity index (χ2v) is 7.59. The topological polar surface area (TPSA) is 66.6 Å². The van der Waals surface area contributed by atoms with E-state index in [2.05, 4.69) is 4.90 Å². The van der Waals surface area contributed by atoms with E-state index in [-0.39, 0.29) is 24.3 Å². The number of halogens is 3. The van der Waals surface area contributed by atoms with Gasteiger partial charge >= 0.3 is 6.18 Å². The minimum absolute atomic E-state index is 0.171. The van der Waals surface area contributed by atoms with Crippen molar-refractivity contribution in [2.24, 2.45) is 11.7 Å². The zero-order chi connectivity index (χ0) is 21.9. The maximum Gasteiger partial charge on any atom is 0.416 e. The van der Waals surface area contributed by atoms with Crippen LogP contribution in [0.1, 0.15) is 34.3 Å². The summed E-state index contributed by atoms with van der Waals surface area (Å²) in [6, 6.07) is 11.9. The number of hydrogen-bond donors (Lipinski definition) is 1. The van der Waals surface area contributed by atoms with Crippen LogP contribution >= 0.6 is 0 Å². The largest absolute Gasteiger partial charge is 0.416 e. The lowest BCUT2D eigenvalue weighted by molar-refractivity contribution is -0.137. The first-order valence-electron chi connectivity index (χ1n) is 9.71. The Bertz CT molecular complexity index is 895.